The van der Waals surface area contributed by atoms with E-state index < -0.39 is 113 Å². The van der Waals surface area contributed by atoms with Gasteiger partial charge in [0.2, 0.25) is 0 Å². The number of rotatable bonds is 10. The molecule has 15 heteroatoms. The van der Waals surface area contributed by atoms with Gasteiger partial charge in [-0.05, 0) is 54.8 Å². The maximum absolute atomic E-state index is 15.5. The zero-order chi connectivity index (χ0) is 44.9. The van der Waals surface area contributed by atoms with Crippen LogP contribution in [0, 0.1) is 16.7 Å². The summed E-state index contributed by atoms with van der Waals surface area (Å²) in [7, 11) is 0. The summed E-state index contributed by atoms with van der Waals surface area (Å²) in [6.07, 6.45) is -10.5. The normalized spacial score (nSPS) is 31.9. The summed E-state index contributed by atoms with van der Waals surface area (Å²) in [6, 6.07) is 22.9. The lowest BCUT2D eigenvalue weighted by atomic mass is 9.44. The second-order valence-electron chi connectivity index (χ2n) is 17.4. The van der Waals surface area contributed by atoms with E-state index in [1.54, 1.807) is 92.7 Å². The van der Waals surface area contributed by atoms with E-state index in [0.717, 1.165) is 13.8 Å². The van der Waals surface area contributed by atoms with E-state index in [1.807, 2.05) is 0 Å². The third-order valence-corrected chi connectivity index (χ3v) is 13.5. The maximum atomic E-state index is 15.5. The van der Waals surface area contributed by atoms with Crippen molar-refractivity contribution in [1.29, 1.82) is 0 Å². The smallest absolute Gasteiger partial charge is 0.338 e. The molecule has 3 fully saturated rings. The van der Waals surface area contributed by atoms with Gasteiger partial charge in [-0.15, -0.1) is 0 Å². The van der Waals surface area contributed by atoms with E-state index in [4.69, 9.17) is 23.7 Å². The summed E-state index contributed by atoms with van der Waals surface area (Å²) in [4.78, 5) is 83.5. The first kappa shape index (κ1) is 44.3. The van der Waals surface area contributed by atoms with Gasteiger partial charge in [0, 0.05) is 37.7 Å². The van der Waals surface area contributed by atoms with Crippen LogP contribution < -0.4 is 5.32 Å². The van der Waals surface area contributed by atoms with Gasteiger partial charge < -0.3 is 44.3 Å². The van der Waals surface area contributed by atoms with Crippen molar-refractivity contribution in [1.82, 2.24) is 5.32 Å². The standard InChI is InChI=1S/C47H51NO14/c1-25-31(60-43(56)36(52)35(28-16-10-7-11-17-28)48-41(54)29-18-12-8-13-19-29)23-47(57)40(61-42(55)30-20-14-9-15-21-30)38-45(6,32(51)22-33-46(38,24-58-33)62-27(3)50)39(53)37(59-26(2)49)34(25)44(47,4)5/h7-21,31-33,35-38,40,51-52,57H,22-24H2,1-6H3,(H,48,54)/t31-,32-,33+,35+,36+,37+,38-,40-,45+,46-,47-/m0/s1. The predicted molar refractivity (Wildman–Crippen MR) is 218 cm³/mol. The quantitative estimate of drug-likeness (QED) is 0.130. The molecule has 3 aromatic carbocycles. The summed E-state index contributed by atoms with van der Waals surface area (Å²) in [5.41, 5.74) is -7.02. The molecule has 0 unspecified atom stereocenters. The lowest BCUT2D eigenvalue weighted by molar-refractivity contribution is -0.346. The first-order valence-corrected chi connectivity index (χ1v) is 20.5. The number of aliphatic hydroxyl groups excluding tert-OH is 2. The highest BCUT2D eigenvalue weighted by molar-refractivity contribution is 5.96. The first-order valence-electron chi connectivity index (χ1n) is 20.5. The number of carbonyl (C=O) groups is 6. The molecular formula is C47H51NO14. The summed E-state index contributed by atoms with van der Waals surface area (Å²) >= 11 is 0. The van der Waals surface area contributed by atoms with Crippen LogP contribution in [0.5, 0.6) is 0 Å². The molecule has 15 nitrogen and oxygen atoms in total. The fourth-order valence-corrected chi connectivity index (χ4v) is 10.2. The minimum atomic E-state index is -2.39. The number of benzene rings is 3. The van der Waals surface area contributed by atoms with Crippen LogP contribution in [-0.4, -0.2) is 105 Å². The predicted octanol–water partition coefficient (Wildman–Crippen LogP) is 3.74. The van der Waals surface area contributed by atoms with Gasteiger partial charge in [-0.3, -0.25) is 19.2 Å². The number of fused-ring (bicyclic) bond motifs is 5. The van der Waals surface area contributed by atoms with Crippen molar-refractivity contribution in [2.24, 2.45) is 16.7 Å². The van der Waals surface area contributed by atoms with E-state index in [9.17, 15) is 39.3 Å². The number of hydrogen-bond acceptors (Lipinski definition) is 14. The third kappa shape index (κ3) is 7.29. The molecule has 1 aliphatic heterocycles. The van der Waals surface area contributed by atoms with Gasteiger partial charge in [-0.1, -0.05) is 80.6 Å². The Morgan fingerprint density at radius 2 is 1.40 bits per heavy atom. The van der Waals surface area contributed by atoms with Gasteiger partial charge in [0.05, 0.1) is 35.6 Å². The number of esters is 4. The van der Waals surface area contributed by atoms with Crippen LogP contribution >= 0.6 is 0 Å². The van der Waals surface area contributed by atoms with Crippen molar-refractivity contribution in [3.8, 4) is 0 Å². The Morgan fingerprint density at radius 3 is 1.95 bits per heavy atom. The summed E-state index contributed by atoms with van der Waals surface area (Å²) in [6.45, 7) is 7.97. The van der Waals surface area contributed by atoms with Gasteiger partial charge in [-0.2, -0.15) is 0 Å². The highest BCUT2D eigenvalue weighted by Crippen LogP contribution is 2.64. The topological polar surface area (TPSA) is 221 Å². The van der Waals surface area contributed by atoms with E-state index >= 15 is 4.79 Å². The highest BCUT2D eigenvalue weighted by atomic mass is 16.6. The molecule has 7 rings (SSSR count). The van der Waals surface area contributed by atoms with Crippen molar-refractivity contribution in [3.63, 3.8) is 0 Å². The van der Waals surface area contributed by atoms with Crippen molar-refractivity contribution >= 4 is 35.6 Å². The minimum Gasteiger partial charge on any atom is -0.456 e. The molecule has 328 valence electrons. The SMILES string of the molecule is CC(=O)O[C@H]1C(=O)[C@@]2(C)[C@H]([C@H](OC(=O)c3ccccc3)[C@@]3(O)C[C@H](OC(=O)[C@H](O)[C@H](NC(=O)c4ccccc4)c4ccccc4)C(C)=C1C3(C)C)[C@]1(OC(C)=O)CO[C@@H]1C[C@@H]2O. The number of nitrogens with one attached hydrogen (secondary N) is 1. The molecule has 2 saturated carbocycles. The van der Waals surface area contributed by atoms with E-state index in [-0.39, 0.29) is 35.3 Å². The Kier molecular flexibility index (Phi) is 11.8. The van der Waals surface area contributed by atoms with Crippen molar-refractivity contribution in [2.45, 2.75) is 108 Å². The Bertz CT molecular complexity index is 2280. The molecule has 0 aromatic heterocycles. The number of Topliss-reactive ketones (excluding diaryl/α,β-unsaturated/α-hetero) is 1. The number of carbonyl (C=O) groups excluding carboxylic acids is 6. The summed E-state index contributed by atoms with van der Waals surface area (Å²) in [5.74, 6) is -6.84. The van der Waals surface area contributed by atoms with E-state index in [0.29, 0.717) is 5.56 Å². The molecule has 3 aromatic rings. The number of ketones is 1. The average Bonchev–Trinajstić information content (AvgIpc) is 3.24. The minimum absolute atomic E-state index is 0.00289. The molecule has 1 heterocycles. The fourth-order valence-electron chi connectivity index (χ4n) is 10.2. The van der Waals surface area contributed by atoms with Gasteiger partial charge >= 0.3 is 23.9 Å². The molecule has 0 radical (unpaired) electrons. The van der Waals surface area contributed by atoms with Crippen LogP contribution in [-0.2, 0) is 42.9 Å². The first-order chi connectivity index (χ1) is 29.3. The van der Waals surface area contributed by atoms with Crippen LogP contribution in [0.15, 0.2) is 102 Å². The van der Waals surface area contributed by atoms with Gasteiger partial charge in [0.15, 0.2) is 23.6 Å². The second-order valence-corrected chi connectivity index (χ2v) is 17.4. The Hall–Kier alpha value is -5.74. The second kappa shape index (κ2) is 16.5. The largest absolute Gasteiger partial charge is 0.456 e. The van der Waals surface area contributed by atoms with Crippen LogP contribution in [0.1, 0.15) is 86.7 Å². The zero-order valence-electron chi connectivity index (χ0n) is 35.2. The van der Waals surface area contributed by atoms with Crippen LogP contribution in [0.3, 0.4) is 0 Å². The van der Waals surface area contributed by atoms with Crippen LogP contribution in [0.25, 0.3) is 0 Å². The summed E-state index contributed by atoms with van der Waals surface area (Å²) < 4.78 is 30.3. The van der Waals surface area contributed by atoms with Crippen molar-refractivity contribution in [2.75, 3.05) is 6.61 Å². The average molecular weight is 854 g/mol. The molecule has 3 aliphatic carbocycles. The maximum Gasteiger partial charge on any atom is 0.338 e. The van der Waals surface area contributed by atoms with Gasteiger partial charge in [0.25, 0.3) is 5.91 Å². The van der Waals surface area contributed by atoms with Gasteiger partial charge in [0.1, 0.15) is 23.9 Å². The Morgan fingerprint density at radius 1 is 0.823 bits per heavy atom. The molecule has 62 heavy (non-hydrogen) atoms. The van der Waals surface area contributed by atoms with Crippen LogP contribution in [0.2, 0.25) is 0 Å². The Balaban J connectivity index is 1.39. The van der Waals surface area contributed by atoms with Crippen molar-refractivity contribution in [3.05, 3.63) is 119 Å². The number of hydrogen-bond donors (Lipinski definition) is 4. The number of ether oxygens (including phenoxy) is 5. The lowest BCUT2D eigenvalue weighted by Gasteiger charge is -2.67. The molecule has 1 amide bonds. The van der Waals surface area contributed by atoms with E-state index in [2.05, 4.69) is 5.32 Å². The molecule has 4 aliphatic rings. The fraction of sp³-hybridized carbons (Fsp3) is 0.447. The number of aliphatic hydroxyl groups is 3. The van der Waals surface area contributed by atoms with Crippen molar-refractivity contribution < 1.29 is 67.8 Å². The monoisotopic (exact) mass is 853 g/mol. The molecule has 1 saturated heterocycles. The zero-order valence-corrected chi connectivity index (χ0v) is 35.2. The molecule has 4 N–H and O–H groups in total. The van der Waals surface area contributed by atoms with E-state index in [1.165, 1.54) is 26.0 Å². The number of amides is 1. The molecule has 0 spiro atoms. The van der Waals surface area contributed by atoms with Crippen LogP contribution in [0.4, 0.5) is 0 Å². The third-order valence-electron chi connectivity index (χ3n) is 13.5. The highest BCUT2D eigenvalue weighted by Gasteiger charge is 2.78. The Labute approximate surface area is 358 Å². The molecule has 11 atom stereocenters. The van der Waals surface area contributed by atoms with Gasteiger partial charge in [-0.25, -0.2) is 9.59 Å². The molecule has 2 bridgehead atoms. The lowest BCUT2D eigenvalue weighted by Crippen LogP contribution is -2.82. The summed E-state index contributed by atoms with van der Waals surface area (Å²) in [5, 5.41) is 40.2. The molecular weight excluding hydrogens is 803 g/mol.